The molecule has 130 valence electrons. The number of rotatable bonds is 4. The number of amides is 1. The van der Waals surface area contributed by atoms with E-state index in [1.165, 1.54) is 0 Å². The molecule has 1 aliphatic rings. The predicted octanol–water partition coefficient (Wildman–Crippen LogP) is 2.72. The Morgan fingerprint density at radius 1 is 1.29 bits per heavy atom. The number of hydrogen-bond donors (Lipinski definition) is 2. The van der Waals surface area contributed by atoms with Crippen molar-refractivity contribution in [2.75, 3.05) is 19.6 Å². The number of piperidine rings is 1. The fraction of sp³-hybridized carbons (Fsp3) is 0.444. The molecule has 1 aromatic heterocycles. The van der Waals surface area contributed by atoms with E-state index in [1.807, 2.05) is 48.3 Å². The number of nitrogens with zero attached hydrogens (tertiary/aromatic N) is 2. The van der Waals surface area contributed by atoms with Gasteiger partial charge in [0.2, 0.25) is 0 Å². The molecule has 0 aliphatic carbocycles. The van der Waals surface area contributed by atoms with Crippen LogP contribution in [0.25, 0.3) is 5.69 Å². The zero-order valence-electron chi connectivity index (χ0n) is 14.2. The summed E-state index contributed by atoms with van der Waals surface area (Å²) in [5, 5.41) is 10.7. The average Bonchev–Trinajstić information content (AvgIpc) is 3.00. The zero-order valence-corrected chi connectivity index (χ0v) is 15.0. The van der Waals surface area contributed by atoms with Gasteiger partial charge in [-0.1, -0.05) is 6.92 Å². The average molecular weight is 349 g/mol. The van der Waals surface area contributed by atoms with Gasteiger partial charge >= 0.3 is 0 Å². The van der Waals surface area contributed by atoms with E-state index in [0.717, 1.165) is 43.7 Å². The number of carbonyl (C=O) groups is 1. The van der Waals surface area contributed by atoms with Crippen LogP contribution in [0.15, 0.2) is 36.7 Å². The Morgan fingerprint density at radius 2 is 1.96 bits per heavy atom. The van der Waals surface area contributed by atoms with E-state index >= 15 is 0 Å². The van der Waals surface area contributed by atoms with Gasteiger partial charge in [0.1, 0.15) is 0 Å². The smallest absolute Gasteiger partial charge is 0.251 e. The molecule has 0 saturated carbocycles. The molecule has 3 rings (SSSR count). The summed E-state index contributed by atoms with van der Waals surface area (Å²) in [5.41, 5.74) is 2.96. The van der Waals surface area contributed by atoms with Crippen LogP contribution in [0.5, 0.6) is 0 Å². The van der Waals surface area contributed by atoms with Crippen LogP contribution in [-0.4, -0.2) is 35.3 Å². The van der Waals surface area contributed by atoms with Crippen LogP contribution in [-0.2, 0) is 0 Å². The number of hydrogen-bond acceptors (Lipinski definition) is 3. The molecule has 0 radical (unpaired) electrons. The molecule has 0 spiro atoms. The maximum Gasteiger partial charge on any atom is 0.251 e. The van der Waals surface area contributed by atoms with Crippen LogP contribution < -0.4 is 10.6 Å². The molecule has 1 amide bonds. The molecule has 1 saturated heterocycles. The lowest BCUT2D eigenvalue weighted by molar-refractivity contribution is 0.0922. The van der Waals surface area contributed by atoms with Crippen molar-refractivity contribution >= 4 is 18.3 Å². The van der Waals surface area contributed by atoms with Crippen LogP contribution in [0.4, 0.5) is 0 Å². The van der Waals surface area contributed by atoms with E-state index in [1.54, 1.807) is 0 Å². The second-order valence-corrected chi connectivity index (χ2v) is 6.75. The van der Waals surface area contributed by atoms with E-state index in [-0.39, 0.29) is 23.7 Å². The monoisotopic (exact) mass is 348 g/mol. The number of aromatic nitrogens is 2. The summed E-state index contributed by atoms with van der Waals surface area (Å²) in [4.78, 5) is 12.3. The minimum atomic E-state index is -0.00652. The second-order valence-electron chi connectivity index (χ2n) is 6.75. The summed E-state index contributed by atoms with van der Waals surface area (Å²) in [6.45, 7) is 7.05. The van der Waals surface area contributed by atoms with Crippen molar-refractivity contribution in [3.63, 3.8) is 0 Å². The van der Waals surface area contributed by atoms with Crippen LogP contribution in [0, 0.1) is 12.3 Å². The van der Waals surface area contributed by atoms with Crippen LogP contribution in [0.1, 0.15) is 35.7 Å². The van der Waals surface area contributed by atoms with Crippen molar-refractivity contribution in [3.8, 4) is 5.69 Å². The van der Waals surface area contributed by atoms with Crippen LogP contribution >= 0.6 is 12.4 Å². The lowest BCUT2D eigenvalue weighted by Crippen LogP contribution is -2.42. The van der Waals surface area contributed by atoms with E-state index in [4.69, 9.17) is 0 Å². The van der Waals surface area contributed by atoms with Gasteiger partial charge in [0.25, 0.3) is 5.91 Å². The van der Waals surface area contributed by atoms with E-state index in [2.05, 4.69) is 22.7 Å². The first-order valence-electron chi connectivity index (χ1n) is 8.16. The van der Waals surface area contributed by atoms with Gasteiger partial charge in [0, 0.05) is 18.3 Å². The molecule has 6 heteroatoms. The molecular weight excluding hydrogens is 324 g/mol. The largest absolute Gasteiger partial charge is 0.351 e. The van der Waals surface area contributed by atoms with Gasteiger partial charge in [0.05, 0.1) is 11.9 Å². The lowest BCUT2D eigenvalue weighted by Gasteiger charge is -2.34. The summed E-state index contributed by atoms with van der Waals surface area (Å²) in [6.07, 6.45) is 5.99. The quantitative estimate of drug-likeness (QED) is 0.893. The minimum absolute atomic E-state index is 0. The molecule has 0 unspecified atom stereocenters. The standard InChI is InChI=1S/C18H24N4O.ClH/c1-14-11-21-22(12-14)16-5-3-15(4-6-16)17(23)20-13-18(2)7-9-19-10-8-18;/h3-6,11-12,19H,7-10,13H2,1-2H3,(H,20,23);1H. The predicted molar refractivity (Wildman–Crippen MR) is 98.1 cm³/mol. The van der Waals surface area contributed by atoms with Gasteiger partial charge in [-0.3, -0.25) is 4.79 Å². The molecular formula is C18H25ClN4O. The molecule has 1 aromatic carbocycles. The maximum absolute atomic E-state index is 12.3. The Hall–Kier alpha value is -1.85. The van der Waals surface area contributed by atoms with Gasteiger partial charge < -0.3 is 10.6 Å². The van der Waals surface area contributed by atoms with Crippen molar-refractivity contribution in [1.82, 2.24) is 20.4 Å². The number of aryl methyl sites for hydroxylation is 1. The molecule has 0 bridgehead atoms. The lowest BCUT2D eigenvalue weighted by atomic mass is 9.81. The van der Waals surface area contributed by atoms with Crippen LogP contribution in [0.2, 0.25) is 0 Å². The SMILES string of the molecule is Cc1cnn(-c2ccc(C(=O)NCC3(C)CCNCC3)cc2)c1.Cl. The number of halogens is 1. The molecule has 2 aromatic rings. The van der Waals surface area contributed by atoms with E-state index in [0.29, 0.717) is 5.56 Å². The molecule has 24 heavy (non-hydrogen) atoms. The molecule has 1 fully saturated rings. The first-order chi connectivity index (χ1) is 11.1. The molecule has 0 atom stereocenters. The topological polar surface area (TPSA) is 59.0 Å². The van der Waals surface area contributed by atoms with Crippen molar-refractivity contribution < 1.29 is 4.79 Å². The summed E-state index contributed by atoms with van der Waals surface area (Å²) < 4.78 is 1.81. The van der Waals surface area contributed by atoms with Gasteiger partial charge in [0.15, 0.2) is 0 Å². The second kappa shape index (κ2) is 7.81. The summed E-state index contributed by atoms with van der Waals surface area (Å²) in [6, 6.07) is 7.56. The Balaban J connectivity index is 0.00000208. The van der Waals surface area contributed by atoms with Gasteiger partial charge in [-0.05, 0) is 68.1 Å². The summed E-state index contributed by atoms with van der Waals surface area (Å²) >= 11 is 0. The highest BCUT2D eigenvalue weighted by Crippen LogP contribution is 2.26. The number of nitrogens with one attached hydrogen (secondary N) is 2. The van der Waals surface area contributed by atoms with E-state index < -0.39 is 0 Å². The zero-order chi connectivity index (χ0) is 16.3. The normalized spacial score (nSPS) is 16.2. The first-order valence-corrected chi connectivity index (χ1v) is 8.16. The molecule has 2 heterocycles. The third-order valence-electron chi connectivity index (χ3n) is 4.59. The molecule has 1 aliphatic heterocycles. The fourth-order valence-corrected chi connectivity index (χ4v) is 2.92. The van der Waals surface area contributed by atoms with Crippen LogP contribution in [0.3, 0.4) is 0 Å². The van der Waals surface area contributed by atoms with Crippen molar-refractivity contribution in [1.29, 1.82) is 0 Å². The summed E-state index contributed by atoms with van der Waals surface area (Å²) in [5.74, 6) is -0.00652. The van der Waals surface area contributed by atoms with Crippen molar-refractivity contribution in [2.24, 2.45) is 5.41 Å². The van der Waals surface area contributed by atoms with Gasteiger partial charge in [-0.25, -0.2) is 4.68 Å². The number of benzene rings is 1. The Bertz CT molecular complexity index is 675. The molecule has 2 N–H and O–H groups in total. The van der Waals surface area contributed by atoms with Gasteiger partial charge in [-0.2, -0.15) is 5.10 Å². The minimum Gasteiger partial charge on any atom is -0.351 e. The summed E-state index contributed by atoms with van der Waals surface area (Å²) in [7, 11) is 0. The third kappa shape index (κ3) is 4.36. The fourth-order valence-electron chi connectivity index (χ4n) is 2.92. The van der Waals surface area contributed by atoms with E-state index in [9.17, 15) is 4.79 Å². The highest BCUT2D eigenvalue weighted by molar-refractivity contribution is 5.94. The Labute approximate surface area is 149 Å². The third-order valence-corrected chi connectivity index (χ3v) is 4.59. The maximum atomic E-state index is 12.3. The van der Waals surface area contributed by atoms with Crippen molar-refractivity contribution in [2.45, 2.75) is 26.7 Å². The molecule has 5 nitrogen and oxygen atoms in total. The first kappa shape index (κ1) is 18.5. The highest BCUT2D eigenvalue weighted by atomic mass is 35.5. The number of carbonyl (C=O) groups excluding carboxylic acids is 1. The Kier molecular flexibility index (Phi) is 6.02. The van der Waals surface area contributed by atoms with Crippen molar-refractivity contribution in [3.05, 3.63) is 47.8 Å². The van der Waals surface area contributed by atoms with Gasteiger partial charge in [-0.15, -0.1) is 12.4 Å². The Morgan fingerprint density at radius 3 is 2.54 bits per heavy atom. The highest BCUT2D eigenvalue weighted by Gasteiger charge is 2.27.